The molecule has 2 aliphatic rings. The summed E-state index contributed by atoms with van der Waals surface area (Å²) in [6.07, 6.45) is 4.47. The highest BCUT2D eigenvalue weighted by molar-refractivity contribution is 5.81. The number of fused-ring (bicyclic) bond motifs is 1. The average molecular weight is 339 g/mol. The van der Waals surface area contributed by atoms with Gasteiger partial charge in [-0.2, -0.15) is 13.2 Å². The third-order valence-corrected chi connectivity index (χ3v) is 4.23. The van der Waals surface area contributed by atoms with Gasteiger partial charge in [0, 0.05) is 12.1 Å². The fraction of sp³-hybridized carbons (Fsp3) is 0.529. The lowest BCUT2D eigenvalue weighted by atomic mass is 9.89. The van der Waals surface area contributed by atoms with E-state index in [1.807, 2.05) is 16.7 Å². The third kappa shape index (κ3) is 3.61. The fourth-order valence-corrected chi connectivity index (χ4v) is 3.09. The van der Waals surface area contributed by atoms with Gasteiger partial charge in [-0.1, -0.05) is 18.2 Å². The lowest BCUT2D eigenvalue weighted by Crippen LogP contribution is -2.39. The van der Waals surface area contributed by atoms with Crippen LogP contribution in [0.5, 0.6) is 0 Å². The maximum Gasteiger partial charge on any atom is 0.417 e. The molecule has 3 rings (SSSR count). The summed E-state index contributed by atoms with van der Waals surface area (Å²) in [5, 5.41) is 11.7. The van der Waals surface area contributed by atoms with Crippen LogP contribution in [0.25, 0.3) is 12.2 Å². The minimum absolute atomic E-state index is 0.0250. The third-order valence-electron chi connectivity index (χ3n) is 4.23. The fourth-order valence-electron chi connectivity index (χ4n) is 3.09. The van der Waals surface area contributed by atoms with Crippen LogP contribution in [0.2, 0.25) is 0 Å². The predicted molar refractivity (Wildman–Crippen MR) is 85.8 cm³/mol. The molecule has 2 heterocycles. The van der Waals surface area contributed by atoms with E-state index in [0.29, 0.717) is 13.0 Å². The average Bonchev–Trinajstić information content (AvgIpc) is 2.87. The van der Waals surface area contributed by atoms with E-state index in [0.717, 1.165) is 16.9 Å². The molecular weight excluding hydrogens is 319 g/mol. The number of imidazole rings is 1. The molecular formula is C17H20F3N3O. The molecule has 1 aliphatic carbocycles. The lowest BCUT2D eigenvalue weighted by Gasteiger charge is -2.24. The Bertz CT molecular complexity index is 797. The molecule has 0 saturated carbocycles. The molecule has 1 aromatic rings. The molecule has 7 heteroatoms. The highest BCUT2D eigenvalue weighted by Crippen LogP contribution is 2.30. The number of hydrogen-bond donors (Lipinski definition) is 1. The Morgan fingerprint density at radius 2 is 2.00 bits per heavy atom. The molecule has 0 radical (unpaired) electrons. The number of alkyl halides is 3. The number of dihydropyridines is 1. The predicted octanol–water partition coefficient (Wildman–Crippen LogP) is 1.57. The van der Waals surface area contributed by atoms with E-state index < -0.39 is 17.4 Å². The zero-order valence-corrected chi connectivity index (χ0v) is 13.6. The molecule has 0 amide bonds. The van der Waals surface area contributed by atoms with Gasteiger partial charge < -0.3 is 9.67 Å². The number of rotatable bonds is 3. The molecule has 4 nitrogen and oxygen atoms in total. The van der Waals surface area contributed by atoms with Gasteiger partial charge >= 0.3 is 6.18 Å². The summed E-state index contributed by atoms with van der Waals surface area (Å²) in [4.78, 5) is 8.45. The second kappa shape index (κ2) is 5.88. The smallest absolute Gasteiger partial charge is 0.389 e. The zero-order chi connectivity index (χ0) is 17.5. The van der Waals surface area contributed by atoms with Gasteiger partial charge in [0.05, 0.1) is 40.8 Å². The molecule has 130 valence electrons. The Labute approximate surface area is 137 Å². The van der Waals surface area contributed by atoms with E-state index in [2.05, 4.69) is 9.98 Å². The second-order valence-corrected chi connectivity index (χ2v) is 6.96. The van der Waals surface area contributed by atoms with Crippen molar-refractivity contribution in [1.82, 2.24) is 9.55 Å². The van der Waals surface area contributed by atoms with Gasteiger partial charge in [0.15, 0.2) is 0 Å². The van der Waals surface area contributed by atoms with Crippen LogP contribution in [0, 0.1) is 5.92 Å². The topological polar surface area (TPSA) is 50.4 Å². The minimum atomic E-state index is -4.34. The number of halogens is 3. The van der Waals surface area contributed by atoms with Crippen molar-refractivity contribution in [2.45, 2.75) is 51.1 Å². The molecule has 1 aromatic heterocycles. The Morgan fingerprint density at radius 1 is 1.25 bits per heavy atom. The Balaban J connectivity index is 1.82. The Morgan fingerprint density at radius 3 is 2.58 bits per heavy atom. The number of hydrogen-bond acceptors (Lipinski definition) is 3. The van der Waals surface area contributed by atoms with E-state index in [1.165, 1.54) is 6.08 Å². The van der Waals surface area contributed by atoms with Crippen molar-refractivity contribution in [2.24, 2.45) is 10.9 Å². The van der Waals surface area contributed by atoms with Gasteiger partial charge in [-0.3, -0.25) is 4.99 Å². The van der Waals surface area contributed by atoms with Gasteiger partial charge in [-0.25, -0.2) is 4.98 Å². The van der Waals surface area contributed by atoms with Crippen molar-refractivity contribution in [3.63, 3.8) is 0 Å². The van der Waals surface area contributed by atoms with Crippen LogP contribution in [0.1, 0.15) is 26.7 Å². The molecule has 0 aromatic carbocycles. The molecule has 0 fully saturated rings. The molecule has 24 heavy (non-hydrogen) atoms. The molecule has 1 aliphatic heterocycles. The van der Waals surface area contributed by atoms with Crippen molar-refractivity contribution in [2.75, 3.05) is 0 Å². The highest BCUT2D eigenvalue weighted by Gasteiger charge is 2.34. The maximum atomic E-state index is 12.7. The number of allylic oxidation sites excluding steroid dienone is 1. The van der Waals surface area contributed by atoms with Gasteiger partial charge in [0.25, 0.3) is 0 Å². The first-order valence-corrected chi connectivity index (χ1v) is 7.89. The minimum Gasteiger partial charge on any atom is -0.389 e. The van der Waals surface area contributed by atoms with E-state index in [-0.39, 0.29) is 18.4 Å². The Hall–Kier alpha value is -1.89. The van der Waals surface area contributed by atoms with Crippen molar-refractivity contribution in [1.29, 1.82) is 0 Å². The van der Waals surface area contributed by atoms with Crippen LogP contribution in [-0.2, 0) is 6.54 Å². The lowest BCUT2D eigenvalue weighted by molar-refractivity contribution is -0.0860. The summed E-state index contributed by atoms with van der Waals surface area (Å²) in [5.74, 6) is 0.0250. The van der Waals surface area contributed by atoms with Crippen LogP contribution >= 0.6 is 0 Å². The standard InChI is InChI=1S/C17H20F3N3O/c1-16(2,24)9-23-10-22-14-5-3-11(7-15(14)23)13-6-4-12(8-21-13)17(18,19)20/h4-5,7-8,10-11,13,24H,3,6,9H2,1-2H3. The molecule has 2 unspecified atom stereocenters. The molecule has 1 N–H and O–H groups in total. The van der Waals surface area contributed by atoms with Gasteiger partial charge in [0.2, 0.25) is 0 Å². The second-order valence-electron chi connectivity index (χ2n) is 6.96. The van der Waals surface area contributed by atoms with Gasteiger partial charge in [0.1, 0.15) is 0 Å². The van der Waals surface area contributed by atoms with Crippen molar-refractivity contribution < 1.29 is 18.3 Å². The number of nitrogens with zero attached hydrogens (tertiary/aromatic N) is 3. The number of aliphatic hydroxyl groups is 1. The van der Waals surface area contributed by atoms with Crippen LogP contribution in [0.3, 0.4) is 0 Å². The Kier molecular flexibility index (Phi) is 4.15. The van der Waals surface area contributed by atoms with Crippen LogP contribution in [0.15, 0.2) is 23.0 Å². The zero-order valence-electron chi connectivity index (χ0n) is 13.6. The summed E-state index contributed by atoms with van der Waals surface area (Å²) >= 11 is 0. The highest BCUT2D eigenvalue weighted by atomic mass is 19.4. The van der Waals surface area contributed by atoms with E-state index in [4.69, 9.17) is 0 Å². The molecule has 2 atom stereocenters. The van der Waals surface area contributed by atoms with E-state index >= 15 is 0 Å². The molecule has 0 bridgehead atoms. The first-order chi connectivity index (χ1) is 11.1. The van der Waals surface area contributed by atoms with Crippen LogP contribution < -0.4 is 10.7 Å². The normalized spacial score (nSPS) is 24.0. The monoisotopic (exact) mass is 339 g/mol. The molecule has 0 saturated heterocycles. The maximum absolute atomic E-state index is 12.7. The van der Waals surface area contributed by atoms with Gasteiger partial charge in [-0.05, 0) is 26.7 Å². The summed E-state index contributed by atoms with van der Waals surface area (Å²) < 4.78 is 39.9. The SMILES string of the molecule is CC(C)(O)Cn1cnc2c1=CC(C1CC=C(C(F)(F)F)C=N1)CC=2. The van der Waals surface area contributed by atoms with Gasteiger partial charge in [-0.15, -0.1) is 0 Å². The van der Waals surface area contributed by atoms with Crippen molar-refractivity contribution in [3.8, 4) is 0 Å². The summed E-state index contributed by atoms with van der Waals surface area (Å²) in [5.41, 5.74) is -1.55. The first kappa shape index (κ1) is 17.0. The summed E-state index contributed by atoms with van der Waals surface area (Å²) in [6, 6.07) is -0.203. The van der Waals surface area contributed by atoms with Crippen LogP contribution in [0.4, 0.5) is 13.2 Å². The molecule has 0 spiro atoms. The number of aliphatic imine (C=N–C) groups is 1. The van der Waals surface area contributed by atoms with Crippen LogP contribution in [-0.4, -0.2) is 38.7 Å². The van der Waals surface area contributed by atoms with E-state index in [1.54, 1.807) is 20.2 Å². The van der Waals surface area contributed by atoms with Crippen molar-refractivity contribution >= 4 is 18.4 Å². The van der Waals surface area contributed by atoms with Crippen molar-refractivity contribution in [3.05, 3.63) is 28.7 Å². The quantitative estimate of drug-likeness (QED) is 0.909. The van der Waals surface area contributed by atoms with E-state index in [9.17, 15) is 18.3 Å². The largest absolute Gasteiger partial charge is 0.417 e. The summed E-state index contributed by atoms with van der Waals surface area (Å²) in [6.45, 7) is 3.84. The number of aromatic nitrogens is 2. The summed E-state index contributed by atoms with van der Waals surface area (Å²) in [7, 11) is 0. The first-order valence-electron chi connectivity index (χ1n) is 7.89.